The molecule has 2 rings (SSSR count). The summed E-state index contributed by atoms with van der Waals surface area (Å²) in [6.07, 6.45) is 3.48. The maximum absolute atomic E-state index is 12.4. The van der Waals surface area contributed by atoms with Gasteiger partial charge in [-0.25, -0.2) is 4.79 Å². The summed E-state index contributed by atoms with van der Waals surface area (Å²) in [5.41, 5.74) is -0.987. The van der Waals surface area contributed by atoms with Gasteiger partial charge >= 0.3 is 6.09 Å². The van der Waals surface area contributed by atoms with Crippen molar-refractivity contribution >= 4 is 11.9 Å². The van der Waals surface area contributed by atoms with Crippen LogP contribution in [0.3, 0.4) is 0 Å². The summed E-state index contributed by atoms with van der Waals surface area (Å²) in [7, 11) is 0. The Morgan fingerprint density at radius 1 is 1.36 bits per heavy atom. The molecule has 2 atom stereocenters. The molecule has 25 heavy (non-hydrogen) atoms. The highest BCUT2D eigenvalue weighted by molar-refractivity contribution is 5.85. The van der Waals surface area contributed by atoms with E-state index >= 15 is 0 Å². The molecule has 6 heteroatoms. The fourth-order valence-corrected chi connectivity index (χ4v) is 2.87. The topological polar surface area (TPSA) is 73.9 Å². The number of hydrogen-bond donors (Lipinski definition) is 1. The van der Waals surface area contributed by atoms with Crippen LogP contribution in [0.5, 0.6) is 0 Å². The number of rotatable bonds is 7. The molecule has 1 aliphatic carbocycles. The first-order chi connectivity index (χ1) is 11.6. The van der Waals surface area contributed by atoms with Crippen LogP contribution in [0.2, 0.25) is 0 Å². The zero-order valence-corrected chi connectivity index (χ0v) is 16.2. The molecule has 0 radical (unpaired) electrons. The van der Waals surface area contributed by atoms with Gasteiger partial charge in [-0.2, -0.15) is 0 Å². The summed E-state index contributed by atoms with van der Waals surface area (Å²) < 4.78 is 17.0. The maximum Gasteiger partial charge on any atom is 0.408 e. The number of ether oxygens (including phenoxy) is 3. The summed E-state index contributed by atoms with van der Waals surface area (Å²) in [6.45, 7) is 10.2. The van der Waals surface area contributed by atoms with Gasteiger partial charge in [-0.1, -0.05) is 12.8 Å². The van der Waals surface area contributed by atoms with Gasteiger partial charge in [0.05, 0.1) is 18.2 Å². The van der Waals surface area contributed by atoms with Crippen molar-refractivity contribution < 1.29 is 23.8 Å². The van der Waals surface area contributed by atoms with Gasteiger partial charge in [-0.05, 0) is 53.4 Å². The Morgan fingerprint density at radius 3 is 2.64 bits per heavy atom. The van der Waals surface area contributed by atoms with E-state index in [1.54, 1.807) is 20.8 Å². The molecule has 0 aromatic heterocycles. The second-order valence-electron chi connectivity index (χ2n) is 8.82. The van der Waals surface area contributed by atoms with E-state index in [2.05, 4.69) is 5.32 Å². The predicted molar refractivity (Wildman–Crippen MR) is 94.5 cm³/mol. The molecule has 1 saturated carbocycles. The van der Waals surface area contributed by atoms with Gasteiger partial charge in [-0.3, -0.25) is 4.79 Å². The number of hydrogen-bond acceptors (Lipinski definition) is 5. The van der Waals surface area contributed by atoms with Gasteiger partial charge in [-0.15, -0.1) is 0 Å². The lowest BCUT2D eigenvalue weighted by Crippen LogP contribution is -2.56. The first-order valence-corrected chi connectivity index (χ1v) is 9.33. The third kappa shape index (κ3) is 7.32. The number of carbonyl (C=O) groups excluding carboxylic acids is 2. The van der Waals surface area contributed by atoms with Crippen molar-refractivity contribution in [1.29, 1.82) is 0 Å². The van der Waals surface area contributed by atoms with E-state index < -0.39 is 23.8 Å². The molecule has 2 fully saturated rings. The van der Waals surface area contributed by atoms with Crippen LogP contribution in [0.4, 0.5) is 4.79 Å². The summed E-state index contributed by atoms with van der Waals surface area (Å²) >= 11 is 0. The lowest BCUT2D eigenvalue weighted by Gasteiger charge is -2.38. The minimum Gasteiger partial charge on any atom is -0.444 e. The largest absolute Gasteiger partial charge is 0.444 e. The number of carbonyl (C=O) groups is 2. The molecule has 0 aromatic carbocycles. The zero-order valence-electron chi connectivity index (χ0n) is 16.2. The van der Waals surface area contributed by atoms with Crippen LogP contribution in [0, 0.1) is 5.92 Å². The molecule has 1 heterocycles. The smallest absolute Gasteiger partial charge is 0.408 e. The van der Waals surface area contributed by atoms with Gasteiger partial charge in [0.1, 0.15) is 11.7 Å². The molecule has 0 spiro atoms. The number of nitrogens with one attached hydrogen (secondary N) is 1. The van der Waals surface area contributed by atoms with Gasteiger partial charge < -0.3 is 19.5 Å². The fourth-order valence-electron chi connectivity index (χ4n) is 2.87. The van der Waals surface area contributed by atoms with E-state index in [0.717, 1.165) is 12.3 Å². The van der Waals surface area contributed by atoms with Gasteiger partial charge in [0.2, 0.25) is 0 Å². The molecule has 0 aromatic rings. The SMILES string of the molecule is CC(C)(C)OC(=O)N[C@@H](COCCC1CC1)C1OC(C)(C)CCC1=O. The lowest BCUT2D eigenvalue weighted by molar-refractivity contribution is -0.161. The Balaban J connectivity index is 1.96. The molecule has 1 unspecified atom stereocenters. The summed E-state index contributed by atoms with van der Waals surface area (Å²) in [5.74, 6) is 0.787. The quantitative estimate of drug-likeness (QED) is 0.710. The molecule has 1 aliphatic heterocycles. The van der Waals surface area contributed by atoms with Gasteiger partial charge in [0.15, 0.2) is 5.78 Å². The van der Waals surface area contributed by atoms with E-state index in [0.29, 0.717) is 19.4 Å². The Kier molecular flexibility index (Phi) is 6.49. The van der Waals surface area contributed by atoms with E-state index in [1.807, 2.05) is 13.8 Å². The molecule has 1 amide bonds. The first kappa shape index (κ1) is 20.2. The van der Waals surface area contributed by atoms with Crippen LogP contribution < -0.4 is 5.32 Å². The zero-order chi connectivity index (χ0) is 18.7. The molecule has 1 N–H and O–H groups in total. The van der Waals surface area contributed by atoms with Crippen LogP contribution in [0.15, 0.2) is 0 Å². The van der Waals surface area contributed by atoms with Crippen molar-refractivity contribution in [2.45, 2.75) is 90.1 Å². The van der Waals surface area contributed by atoms with Gasteiger partial charge in [0.25, 0.3) is 0 Å². The van der Waals surface area contributed by atoms with Crippen LogP contribution in [-0.2, 0) is 19.0 Å². The number of Topliss-reactive ketones (excluding diaryl/α,β-unsaturated/α-hetero) is 1. The van der Waals surface area contributed by atoms with E-state index in [4.69, 9.17) is 14.2 Å². The lowest BCUT2D eigenvalue weighted by atomic mass is 9.91. The Hall–Kier alpha value is -1.14. The van der Waals surface area contributed by atoms with Crippen LogP contribution in [0.1, 0.15) is 66.7 Å². The molecule has 144 valence electrons. The standard InChI is InChI=1S/C19H33NO5/c1-18(2,3)25-17(22)20-14(12-23-11-9-13-6-7-13)16-15(21)8-10-19(4,5)24-16/h13-14,16H,6-12H2,1-5H3,(H,20,22)/t14-,16?/m0/s1. The van der Waals surface area contributed by atoms with Crippen molar-refractivity contribution in [2.24, 2.45) is 5.92 Å². The maximum atomic E-state index is 12.4. The highest BCUT2D eigenvalue weighted by Gasteiger charge is 2.40. The number of ketones is 1. The average Bonchev–Trinajstić information content (AvgIpc) is 3.27. The monoisotopic (exact) mass is 355 g/mol. The second-order valence-corrected chi connectivity index (χ2v) is 8.82. The van der Waals surface area contributed by atoms with Crippen molar-refractivity contribution in [3.8, 4) is 0 Å². The normalized spacial score (nSPS) is 24.7. The first-order valence-electron chi connectivity index (χ1n) is 9.33. The van der Waals surface area contributed by atoms with Crippen LogP contribution in [0.25, 0.3) is 0 Å². The number of alkyl carbamates (subject to hydrolysis) is 1. The minimum absolute atomic E-state index is 0.00572. The van der Waals surface area contributed by atoms with Crippen molar-refractivity contribution in [3.63, 3.8) is 0 Å². The molecule has 0 bridgehead atoms. The van der Waals surface area contributed by atoms with E-state index in [1.165, 1.54) is 12.8 Å². The fraction of sp³-hybridized carbons (Fsp3) is 0.895. The van der Waals surface area contributed by atoms with Crippen molar-refractivity contribution in [3.05, 3.63) is 0 Å². The summed E-state index contributed by atoms with van der Waals surface area (Å²) in [4.78, 5) is 24.5. The molecule has 6 nitrogen and oxygen atoms in total. The molecule has 1 saturated heterocycles. The van der Waals surface area contributed by atoms with Crippen LogP contribution in [-0.4, -0.2) is 48.4 Å². The molecular weight excluding hydrogens is 322 g/mol. The van der Waals surface area contributed by atoms with E-state index in [9.17, 15) is 9.59 Å². The highest BCUT2D eigenvalue weighted by Crippen LogP contribution is 2.32. The van der Waals surface area contributed by atoms with Crippen molar-refractivity contribution in [2.75, 3.05) is 13.2 Å². The van der Waals surface area contributed by atoms with Crippen molar-refractivity contribution in [1.82, 2.24) is 5.32 Å². The van der Waals surface area contributed by atoms with Crippen LogP contribution >= 0.6 is 0 Å². The minimum atomic E-state index is -0.697. The Labute approximate surface area is 151 Å². The summed E-state index contributed by atoms with van der Waals surface area (Å²) in [6, 6.07) is -0.541. The summed E-state index contributed by atoms with van der Waals surface area (Å²) in [5, 5.41) is 2.78. The average molecular weight is 355 g/mol. The highest BCUT2D eigenvalue weighted by atomic mass is 16.6. The molecular formula is C19H33NO5. The van der Waals surface area contributed by atoms with E-state index in [-0.39, 0.29) is 18.0 Å². The predicted octanol–water partition coefficient (Wildman–Crippen LogP) is 3.22. The number of amides is 1. The third-order valence-electron chi connectivity index (χ3n) is 4.47. The Bertz CT molecular complexity index is 479. The molecule has 2 aliphatic rings. The van der Waals surface area contributed by atoms with Gasteiger partial charge in [0, 0.05) is 13.0 Å². The third-order valence-corrected chi connectivity index (χ3v) is 4.47. The second kappa shape index (κ2) is 8.04. The Morgan fingerprint density at radius 2 is 2.04 bits per heavy atom.